The van der Waals surface area contributed by atoms with Gasteiger partial charge in [-0.15, -0.1) is 0 Å². The van der Waals surface area contributed by atoms with Gasteiger partial charge in [0.05, 0.1) is 25.5 Å². The van der Waals surface area contributed by atoms with Crippen molar-refractivity contribution in [2.75, 3.05) is 26.8 Å². The summed E-state index contributed by atoms with van der Waals surface area (Å²) in [5.74, 6) is 0.170. The van der Waals surface area contributed by atoms with Crippen LogP contribution in [0, 0.1) is 0 Å². The summed E-state index contributed by atoms with van der Waals surface area (Å²) in [5, 5.41) is 0. The van der Waals surface area contributed by atoms with Gasteiger partial charge in [0.1, 0.15) is 0 Å². The summed E-state index contributed by atoms with van der Waals surface area (Å²) >= 11 is 0. The van der Waals surface area contributed by atoms with E-state index in [-0.39, 0.29) is 17.7 Å². The maximum atomic E-state index is 12.1. The molecule has 1 heterocycles. The predicted octanol–water partition coefficient (Wildman–Crippen LogP) is 4.64. The lowest BCUT2D eigenvalue weighted by molar-refractivity contribution is -0.109. The number of nitrogens with zero attached hydrogens (tertiary/aromatic N) is 2. The van der Waals surface area contributed by atoms with Crippen molar-refractivity contribution in [1.82, 2.24) is 4.90 Å². The van der Waals surface area contributed by atoms with Crippen molar-refractivity contribution in [3.63, 3.8) is 0 Å². The zero-order chi connectivity index (χ0) is 21.3. The van der Waals surface area contributed by atoms with Gasteiger partial charge in [-0.1, -0.05) is 67.2 Å². The molecule has 0 aliphatic carbocycles. The number of benzene rings is 2. The molecule has 156 valence electrons. The average Bonchev–Trinajstić information content (AvgIpc) is 2.79. The number of ether oxygens (including phenoxy) is 1. The molecule has 1 saturated heterocycles. The Morgan fingerprint density at radius 1 is 1.17 bits per heavy atom. The molecule has 1 aliphatic heterocycles. The van der Waals surface area contributed by atoms with Crippen molar-refractivity contribution in [3.05, 3.63) is 95.7 Å². The molecule has 0 aromatic heterocycles. The fraction of sp³-hybridized carbons (Fsp3) is 0.308. The summed E-state index contributed by atoms with van der Waals surface area (Å²) in [7, 11) is 1.60. The Morgan fingerprint density at radius 2 is 1.77 bits per heavy atom. The van der Waals surface area contributed by atoms with Gasteiger partial charge in [-0.2, -0.15) is 0 Å². The highest BCUT2D eigenvalue weighted by atomic mass is 16.5. The quantitative estimate of drug-likeness (QED) is 0.367. The number of Topliss-reactive ketones (excluding diaryl/α,β-unsaturated/α-hetero) is 1. The van der Waals surface area contributed by atoms with Crippen LogP contribution in [0.15, 0.2) is 89.6 Å². The summed E-state index contributed by atoms with van der Waals surface area (Å²) in [5.41, 5.74) is 4.07. The zero-order valence-electron chi connectivity index (χ0n) is 17.8. The molecule has 0 N–H and O–H groups in total. The van der Waals surface area contributed by atoms with Crippen molar-refractivity contribution >= 4 is 12.0 Å². The second-order valence-corrected chi connectivity index (χ2v) is 7.60. The summed E-state index contributed by atoms with van der Waals surface area (Å²) in [4.78, 5) is 18.2. The maximum absolute atomic E-state index is 12.1. The Balaban J connectivity index is 1.84. The molecular weight excluding hydrogens is 372 g/mol. The summed E-state index contributed by atoms with van der Waals surface area (Å²) < 4.78 is 5.83. The van der Waals surface area contributed by atoms with E-state index in [0.717, 1.165) is 18.7 Å². The molecule has 0 spiro atoms. The minimum absolute atomic E-state index is 0.0880. The van der Waals surface area contributed by atoms with Gasteiger partial charge in [0.15, 0.2) is 5.78 Å². The molecule has 30 heavy (non-hydrogen) atoms. The molecule has 2 aromatic carbocycles. The Kier molecular flexibility index (Phi) is 7.75. The molecular formula is C26H30N2O2. The van der Waals surface area contributed by atoms with E-state index >= 15 is 0 Å². The van der Waals surface area contributed by atoms with E-state index in [1.165, 1.54) is 17.3 Å². The first-order chi connectivity index (χ1) is 14.6. The van der Waals surface area contributed by atoms with Crippen LogP contribution < -0.4 is 0 Å². The lowest BCUT2D eigenvalue weighted by Gasteiger charge is -2.39. The number of allylic oxidation sites excluding steroid dienone is 2. The van der Waals surface area contributed by atoms with Crippen molar-refractivity contribution in [2.45, 2.75) is 25.3 Å². The van der Waals surface area contributed by atoms with Crippen LogP contribution in [-0.2, 0) is 9.53 Å². The number of carbonyl (C=O) groups is 1. The molecule has 1 aliphatic rings. The molecule has 4 heteroatoms. The Labute approximate surface area is 179 Å². The van der Waals surface area contributed by atoms with Crippen LogP contribution in [0.4, 0.5) is 0 Å². The third kappa shape index (κ3) is 5.55. The molecule has 1 atom stereocenters. The fourth-order valence-electron chi connectivity index (χ4n) is 3.96. The van der Waals surface area contributed by atoms with Crippen molar-refractivity contribution < 1.29 is 9.53 Å². The second-order valence-electron chi connectivity index (χ2n) is 7.60. The SMILES string of the molecule is C=C(/C=C(\C)C(=O)/C=N\C)N1CCOC[C@@H]1CC(c1ccccc1)c1ccccc1. The van der Waals surface area contributed by atoms with Crippen LogP contribution in [0.3, 0.4) is 0 Å². The Bertz CT molecular complexity index is 864. The monoisotopic (exact) mass is 402 g/mol. The van der Waals surface area contributed by atoms with Gasteiger partial charge in [-0.25, -0.2) is 0 Å². The van der Waals surface area contributed by atoms with Gasteiger partial charge in [0, 0.05) is 25.2 Å². The van der Waals surface area contributed by atoms with E-state index in [1.807, 2.05) is 18.2 Å². The van der Waals surface area contributed by atoms with E-state index in [1.54, 1.807) is 14.0 Å². The lowest BCUT2D eigenvalue weighted by atomic mass is 9.85. The van der Waals surface area contributed by atoms with E-state index in [9.17, 15) is 4.79 Å². The Morgan fingerprint density at radius 3 is 2.33 bits per heavy atom. The summed E-state index contributed by atoms with van der Waals surface area (Å²) in [6, 6.07) is 21.4. The number of hydrogen-bond donors (Lipinski definition) is 0. The first-order valence-electron chi connectivity index (χ1n) is 10.4. The number of ketones is 1. The van der Waals surface area contributed by atoms with Gasteiger partial charge in [0.2, 0.25) is 0 Å². The van der Waals surface area contributed by atoms with Crippen LogP contribution in [0.2, 0.25) is 0 Å². The van der Waals surface area contributed by atoms with Crippen LogP contribution in [0.25, 0.3) is 0 Å². The second kappa shape index (κ2) is 10.7. The van der Waals surface area contributed by atoms with Crippen molar-refractivity contribution in [1.29, 1.82) is 0 Å². The van der Waals surface area contributed by atoms with Crippen LogP contribution in [0.5, 0.6) is 0 Å². The van der Waals surface area contributed by atoms with E-state index in [0.29, 0.717) is 18.8 Å². The number of carbonyl (C=O) groups excluding carboxylic acids is 1. The van der Waals surface area contributed by atoms with Crippen LogP contribution in [-0.4, -0.2) is 49.7 Å². The molecule has 4 nitrogen and oxygen atoms in total. The van der Waals surface area contributed by atoms with E-state index in [2.05, 4.69) is 65.0 Å². The molecule has 0 saturated carbocycles. The van der Waals surface area contributed by atoms with Crippen LogP contribution >= 0.6 is 0 Å². The number of rotatable bonds is 8. The van der Waals surface area contributed by atoms with Gasteiger partial charge < -0.3 is 9.64 Å². The molecule has 2 aromatic rings. The molecule has 0 unspecified atom stereocenters. The largest absolute Gasteiger partial charge is 0.377 e. The van der Waals surface area contributed by atoms with Gasteiger partial charge in [-0.05, 0) is 36.1 Å². The fourth-order valence-corrected chi connectivity index (χ4v) is 3.96. The number of morpholine rings is 1. The standard InChI is InChI=1S/C26H30N2O2/c1-20(26(29)18-27-3)16-21(2)28-14-15-30-19-24(28)17-25(22-10-6-4-7-11-22)23-12-8-5-9-13-23/h4-13,16,18,24-25H,2,14-15,17,19H2,1,3H3/b20-16+,27-18-/t24-/m0/s1. The van der Waals surface area contributed by atoms with Crippen molar-refractivity contribution in [3.8, 4) is 0 Å². The smallest absolute Gasteiger partial charge is 0.199 e. The highest BCUT2D eigenvalue weighted by molar-refractivity contribution is 6.35. The molecule has 0 radical (unpaired) electrons. The lowest BCUT2D eigenvalue weighted by Crippen LogP contribution is -2.45. The van der Waals surface area contributed by atoms with Gasteiger partial charge in [0.25, 0.3) is 0 Å². The number of hydrogen-bond acceptors (Lipinski definition) is 4. The molecule has 1 fully saturated rings. The zero-order valence-corrected chi connectivity index (χ0v) is 17.8. The highest BCUT2D eigenvalue weighted by Crippen LogP contribution is 2.32. The van der Waals surface area contributed by atoms with E-state index < -0.39 is 0 Å². The Hall–Kier alpha value is -2.98. The average molecular weight is 403 g/mol. The number of aliphatic imine (C=N–C) groups is 1. The minimum Gasteiger partial charge on any atom is -0.377 e. The molecule has 0 bridgehead atoms. The van der Waals surface area contributed by atoms with Crippen molar-refractivity contribution in [2.24, 2.45) is 4.99 Å². The minimum atomic E-state index is -0.0880. The highest BCUT2D eigenvalue weighted by Gasteiger charge is 2.28. The first kappa shape index (κ1) is 21.7. The summed E-state index contributed by atoms with van der Waals surface area (Å²) in [6.45, 7) is 8.14. The topological polar surface area (TPSA) is 41.9 Å². The molecule has 3 rings (SSSR count). The normalized spacial score (nSPS) is 17.5. The first-order valence-corrected chi connectivity index (χ1v) is 10.4. The summed E-state index contributed by atoms with van der Waals surface area (Å²) in [6.07, 6.45) is 4.11. The van der Waals surface area contributed by atoms with Gasteiger partial charge in [-0.3, -0.25) is 9.79 Å². The molecule has 0 amide bonds. The third-order valence-corrected chi connectivity index (χ3v) is 5.53. The third-order valence-electron chi connectivity index (χ3n) is 5.53. The van der Waals surface area contributed by atoms with Crippen LogP contribution in [0.1, 0.15) is 30.4 Å². The van der Waals surface area contributed by atoms with E-state index in [4.69, 9.17) is 4.74 Å². The maximum Gasteiger partial charge on any atom is 0.199 e. The predicted molar refractivity (Wildman–Crippen MR) is 123 cm³/mol. The van der Waals surface area contributed by atoms with Gasteiger partial charge >= 0.3 is 0 Å².